The molecule has 2 rings (SSSR count). The molecule has 0 saturated heterocycles. The number of nitriles is 1. The van der Waals surface area contributed by atoms with Crippen LogP contribution in [0.1, 0.15) is 23.6 Å². The number of fused-ring (bicyclic) bond motifs is 1. The second-order valence-electron chi connectivity index (χ2n) is 4.22. The molecular formula is C13H14BrFN4. The van der Waals surface area contributed by atoms with Crippen molar-refractivity contribution in [1.82, 2.24) is 10.6 Å². The van der Waals surface area contributed by atoms with Crippen LogP contribution in [0.3, 0.4) is 0 Å². The van der Waals surface area contributed by atoms with E-state index in [2.05, 4.69) is 37.6 Å². The lowest BCUT2D eigenvalue weighted by molar-refractivity contribution is 0.487. The summed E-state index contributed by atoms with van der Waals surface area (Å²) in [5.41, 5.74) is 2.48. The molecule has 19 heavy (non-hydrogen) atoms. The van der Waals surface area contributed by atoms with Gasteiger partial charge < -0.3 is 10.6 Å². The Labute approximate surface area is 119 Å². The quantitative estimate of drug-likeness (QED) is 0.510. The van der Waals surface area contributed by atoms with E-state index in [1.807, 2.05) is 12.1 Å². The molecule has 6 heteroatoms. The molecule has 4 nitrogen and oxygen atoms in total. The summed E-state index contributed by atoms with van der Waals surface area (Å²) in [6, 6.07) is 6.19. The molecule has 1 aromatic rings. The fourth-order valence-electron chi connectivity index (χ4n) is 2.28. The fraction of sp³-hybridized carbons (Fsp3) is 0.385. The van der Waals surface area contributed by atoms with Gasteiger partial charge in [-0.05, 0) is 30.0 Å². The number of alkyl halides is 1. The summed E-state index contributed by atoms with van der Waals surface area (Å²) in [7, 11) is 0. The summed E-state index contributed by atoms with van der Waals surface area (Å²) < 4.78 is 13.2. The van der Waals surface area contributed by atoms with Crippen LogP contribution in [-0.2, 0) is 6.42 Å². The van der Waals surface area contributed by atoms with Gasteiger partial charge in [-0.15, -0.1) is 4.99 Å². The Morgan fingerprint density at radius 1 is 1.58 bits per heavy atom. The van der Waals surface area contributed by atoms with Crippen molar-refractivity contribution in [2.45, 2.75) is 18.9 Å². The van der Waals surface area contributed by atoms with Gasteiger partial charge >= 0.3 is 0 Å². The van der Waals surface area contributed by atoms with Crippen LogP contribution >= 0.6 is 15.9 Å². The van der Waals surface area contributed by atoms with Gasteiger partial charge in [-0.25, -0.2) is 4.39 Å². The molecule has 1 unspecified atom stereocenters. The molecule has 0 aromatic heterocycles. The van der Waals surface area contributed by atoms with Gasteiger partial charge in [0.05, 0.1) is 6.04 Å². The van der Waals surface area contributed by atoms with E-state index in [-0.39, 0.29) is 12.6 Å². The molecule has 100 valence electrons. The molecule has 0 amide bonds. The lowest BCUT2D eigenvalue weighted by Gasteiger charge is -2.18. The monoisotopic (exact) mass is 324 g/mol. The van der Waals surface area contributed by atoms with Crippen LogP contribution in [0.4, 0.5) is 4.39 Å². The van der Waals surface area contributed by atoms with Crippen LogP contribution in [0.15, 0.2) is 27.7 Å². The molecule has 0 aliphatic heterocycles. The van der Waals surface area contributed by atoms with E-state index in [0.29, 0.717) is 5.96 Å². The van der Waals surface area contributed by atoms with E-state index >= 15 is 0 Å². The Bertz CT molecular complexity index is 524. The lowest BCUT2D eigenvalue weighted by atomic mass is 10.1. The van der Waals surface area contributed by atoms with Crippen molar-refractivity contribution in [1.29, 1.82) is 5.26 Å². The number of benzene rings is 1. The Morgan fingerprint density at radius 3 is 3.16 bits per heavy atom. The Hall–Kier alpha value is -1.61. The molecular weight excluding hydrogens is 311 g/mol. The normalized spacial score (nSPS) is 17.7. The molecule has 0 spiro atoms. The molecule has 1 aromatic carbocycles. The van der Waals surface area contributed by atoms with Gasteiger partial charge in [-0.3, -0.25) is 0 Å². The summed E-state index contributed by atoms with van der Waals surface area (Å²) in [5, 5.41) is 14.6. The van der Waals surface area contributed by atoms with Crippen molar-refractivity contribution in [2.75, 3.05) is 13.2 Å². The number of aryl methyl sites for hydroxylation is 1. The third-order valence-electron chi connectivity index (χ3n) is 3.05. The highest BCUT2D eigenvalue weighted by Gasteiger charge is 2.25. The first-order valence-electron chi connectivity index (χ1n) is 6.06. The van der Waals surface area contributed by atoms with E-state index in [0.717, 1.165) is 17.3 Å². The maximum Gasteiger partial charge on any atom is 0.209 e. The summed E-state index contributed by atoms with van der Waals surface area (Å²) in [5.74, 6) is 0.328. The first-order valence-corrected chi connectivity index (χ1v) is 6.86. The first-order chi connectivity index (χ1) is 9.26. The lowest BCUT2D eigenvalue weighted by Crippen LogP contribution is -2.39. The largest absolute Gasteiger partial charge is 0.353 e. The third kappa shape index (κ3) is 3.24. The molecule has 0 saturated carbocycles. The van der Waals surface area contributed by atoms with Crippen molar-refractivity contribution in [2.24, 2.45) is 4.99 Å². The van der Waals surface area contributed by atoms with E-state index in [1.165, 1.54) is 11.1 Å². The fourth-order valence-corrected chi connectivity index (χ4v) is 2.97. The van der Waals surface area contributed by atoms with Gasteiger partial charge in [-0.1, -0.05) is 28.1 Å². The average Bonchev–Trinajstić information content (AvgIpc) is 2.81. The minimum Gasteiger partial charge on any atom is -0.353 e. The highest BCUT2D eigenvalue weighted by molar-refractivity contribution is 9.10. The van der Waals surface area contributed by atoms with E-state index in [9.17, 15) is 4.39 Å². The van der Waals surface area contributed by atoms with E-state index in [1.54, 1.807) is 6.19 Å². The Morgan fingerprint density at radius 2 is 2.42 bits per heavy atom. The van der Waals surface area contributed by atoms with Gasteiger partial charge in [0.1, 0.15) is 6.67 Å². The number of hydrogen-bond acceptors (Lipinski definition) is 2. The number of aliphatic imine (C=N–C) groups is 1. The topological polar surface area (TPSA) is 60.2 Å². The molecule has 0 radical (unpaired) electrons. The zero-order valence-corrected chi connectivity index (χ0v) is 11.9. The number of rotatable bonds is 3. The summed E-state index contributed by atoms with van der Waals surface area (Å²) in [6.45, 7) is -0.361. The van der Waals surface area contributed by atoms with Gasteiger partial charge in [0.15, 0.2) is 0 Å². The second kappa shape index (κ2) is 6.53. The van der Waals surface area contributed by atoms with Crippen LogP contribution in [0, 0.1) is 11.5 Å². The van der Waals surface area contributed by atoms with Crippen molar-refractivity contribution >= 4 is 21.9 Å². The maximum absolute atomic E-state index is 12.2. The van der Waals surface area contributed by atoms with Crippen molar-refractivity contribution in [3.63, 3.8) is 0 Å². The SMILES string of the molecule is N#C/N=C(/NCCF)NC1CCc2cccc(Br)c21. The summed E-state index contributed by atoms with van der Waals surface area (Å²) in [4.78, 5) is 3.65. The van der Waals surface area contributed by atoms with Gasteiger partial charge in [0.2, 0.25) is 12.2 Å². The predicted octanol–water partition coefficient (Wildman–Crippen LogP) is 2.42. The number of guanidine groups is 1. The molecule has 2 N–H and O–H groups in total. The number of halogens is 2. The molecule has 0 bridgehead atoms. The third-order valence-corrected chi connectivity index (χ3v) is 3.75. The van der Waals surface area contributed by atoms with Crippen molar-refractivity contribution in [3.05, 3.63) is 33.8 Å². The van der Waals surface area contributed by atoms with Crippen LogP contribution in [0.2, 0.25) is 0 Å². The van der Waals surface area contributed by atoms with Crippen LogP contribution in [0.25, 0.3) is 0 Å². The molecule has 0 fully saturated rings. The minimum atomic E-state index is -0.503. The average molecular weight is 325 g/mol. The maximum atomic E-state index is 12.2. The predicted molar refractivity (Wildman–Crippen MR) is 75.4 cm³/mol. The standard InChI is InChI=1S/C13H14BrFN4/c14-10-3-1-2-9-4-5-11(12(9)10)19-13(18-8-16)17-7-6-15/h1-3,11H,4-7H2,(H2,17,18,19). The van der Waals surface area contributed by atoms with Crippen LogP contribution in [0.5, 0.6) is 0 Å². The number of nitrogens with zero attached hydrogens (tertiary/aromatic N) is 2. The van der Waals surface area contributed by atoms with Crippen molar-refractivity contribution < 1.29 is 4.39 Å². The van der Waals surface area contributed by atoms with E-state index in [4.69, 9.17) is 5.26 Å². The number of hydrogen-bond donors (Lipinski definition) is 2. The Kier molecular flexibility index (Phi) is 4.74. The minimum absolute atomic E-state index is 0.0878. The van der Waals surface area contributed by atoms with Crippen molar-refractivity contribution in [3.8, 4) is 6.19 Å². The zero-order valence-electron chi connectivity index (χ0n) is 10.3. The van der Waals surface area contributed by atoms with Crippen LogP contribution in [-0.4, -0.2) is 19.2 Å². The van der Waals surface area contributed by atoms with Gasteiger partial charge in [0, 0.05) is 11.0 Å². The van der Waals surface area contributed by atoms with Gasteiger partial charge in [0.25, 0.3) is 0 Å². The Balaban J connectivity index is 2.13. The molecule has 1 aliphatic rings. The molecule has 1 aliphatic carbocycles. The zero-order chi connectivity index (χ0) is 13.7. The highest BCUT2D eigenvalue weighted by atomic mass is 79.9. The summed E-state index contributed by atoms with van der Waals surface area (Å²) in [6.07, 6.45) is 3.63. The number of nitrogens with one attached hydrogen (secondary N) is 2. The molecule has 0 heterocycles. The highest BCUT2D eigenvalue weighted by Crippen LogP contribution is 2.36. The van der Waals surface area contributed by atoms with Gasteiger partial charge in [-0.2, -0.15) is 5.26 Å². The first kappa shape index (κ1) is 13.8. The smallest absolute Gasteiger partial charge is 0.209 e. The van der Waals surface area contributed by atoms with E-state index < -0.39 is 6.67 Å². The summed E-state index contributed by atoms with van der Waals surface area (Å²) >= 11 is 3.54. The molecule has 1 atom stereocenters. The van der Waals surface area contributed by atoms with Crippen LogP contribution < -0.4 is 10.6 Å². The second-order valence-corrected chi connectivity index (χ2v) is 5.08.